The first-order valence-electron chi connectivity index (χ1n) is 13.5. The predicted octanol–water partition coefficient (Wildman–Crippen LogP) is 1.65. The first-order valence-corrected chi connectivity index (χ1v) is 13.5. The molecule has 3 heterocycles. The molecule has 3 fully saturated rings. The zero-order valence-electron chi connectivity index (χ0n) is 22.0. The highest BCUT2D eigenvalue weighted by Gasteiger charge is 2.29. The fourth-order valence-corrected chi connectivity index (χ4v) is 5.60. The molecule has 0 aromatic heterocycles. The van der Waals surface area contributed by atoms with Gasteiger partial charge in [0.25, 0.3) is 5.91 Å². The van der Waals surface area contributed by atoms with Crippen LogP contribution in [0.25, 0.3) is 0 Å². The maximum absolute atomic E-state index is 12.6. The Balaban J connectivity index is 1.12. The Kier molecular flexibility index (Phi) is 10.2. The van der Waals surface area contributed by atoms with Crippen LogP contribution in [0.2, 0.25) is 0 Å². The van der Waals surface area contributed by atoms with Gasteiger partial charge in [-0.3, -0.25) is 14.5 Å². The smallest absolute Gasteiger partial charge is 0.410 e. The van der Waals surface area contributed by atoms with Crippen molar-refractivity contribution in [3.63, 3.8) is 0 Å². The number of hydrogen-bond acceptors (Lipinski definition) is 7. The second-order valence-corrected chi connectivity index (χ2v) is 10.2. The van der Waals surface area contributed by atoms with Crippen LogP contribution in [0.3, 0.4) is 0 Å². The number of likely N-dealkylation sites (N-methyl/N-ethyl adjacent to an activating group) is 1. The molecule has 10 nitrogen and oxygen atoms in total. The van der Waals surface area contributed by atoms with E-state index in [1.807, 2.05) is 29.2 Å². The lowest BCUT2D eigenvalue weighted by Crippen LogP contribution is -2.54. The molecule has 0 atom stereocenters. The number of amides is 3. The molecule has 1 aromatic carbocycles. The molecule has 3 saturated heterocycles. The number of likely N-dealkylation sites (tertiary alicyclic amines) is 1. The van der Waals surface area contributed by atoms with Crippen LogP contribution in [0.5, 0.6) is 0 Å². The van der Waals surface area contributed by atoms with Crippen LogP contribution in [-0.2, 0) is 25.5 Å². The molecule has 0 radical (unpaired) electrons. The van der Waals surface area contributed by atoms with Gasteiger partial charge < -0.3 is 29.5 Å². The molecule has 37 heavy (non-hydrogen) atoms. The summed E-state index contributed by atoms with van der Waals surface area (Å²) in [6.07, 6.45) is 4.99. The molecule has 0 aliphatic carbocycles. The predicted molar refractivity (Wildman–Crippen MR) is 140 cm³/mol. The minimum Gasteiger partial charge on any atom is -0.439 e. The Labute approximate surface area is 219 Å². The number of anilines is 1. The number of carbonyl (C=O) groups excluding carboxylic acids is 3. The van der Waals surface area contributed by atoms with Crippen LogP contribution in [0.1, 0.15) is 31.2 Å². The van der Waals surface area contributed by atoms with Gasteiger partial charge in [0.05, 0.1) is 0 Å². The van der Waals surface area contributed by atoms with Crippen molar-refractivity contribution in [1.29, 1.82) is 0 Å². The summed E-state index contributed by atoms with van der Waals surface area (Å²) in [6.45, 7) is 6.65. The third-order valence-electron chi connectivity index (χ3n) is 8.00. The lowest BCUT2D eigenvalue weighted by molar-refractivity contribution is -0.137. The number of hydrogen-bond donors (Lipinski definition) is 1. The van der Waals surface area contributed by atoms with Crippen molar-refractivity contribution >= 4 is 24.1 Å². The number of nitrogens with one attached hydrogen (secondary N) is 1. The molecule has 4 rings (SSSR count). The van der Waals surface area contributed by atoms with Gasteiger partial charge in [-0.1, -0.05) is 18.2 Å². The average molecular weight is 516 g/mol. The molecular formula is C27H41N5O5. The van der Waals surface area contributed by atoms with Crippen molar-refractivity contribution in [3.8, 4) is 0 Å². The monoisotopic (exact) mass is 515 g/mol. The first kappa shape index (κ1) is 27.3. The van der Waals surface area contributed by atoms with Crippen molar-refractivity contribution in [2.75, 3.05) is 78.0 Å². The molecule has 1 aromatic rings. The van der Waals surface area contributed by atoms with E-state index in [-0.39, 0.29) is 12.5 Å². The Morgan fingerprint density at radius 2 is 1.73 bits per heavy atom. The summed E-state index contributed by atoms with van der Waals surface area (Å²) in [5, 5.41) is 2.76. The number of nitrogens with zero attached hydrogens (tertiary/aromatic N) is 4. The average Bonchev–Trinajstić information content (AvgIpc) is 2.96. The first-order chi connectivity index (χ1) is 18.0. The zero-order chi connectivity index (χ0) is 26.0. The van der Waals surface area contributed by atoms with E-state index in [2.05, 4.69) is 22.2 Å². The van der Waals surface area contributed by atoms with Crippen molar-refractivity contribution in [2.45, 2.75) is 44.2 Å². The number of piperazine rings is 1. The van der Waals surface area contributed by atoms with Crippen LogP contribution in [0.4, 0.5) is 10.5 Å². The summed E-state index contributed by atoms with van der Waals surface area (Å²) >= 11 is 0. The highest BCUT2D eigenvalue weighted by atomic mass is 16.6. The maximum atomic E-state index is 12.6. The van der Waals surface area contributed by atoms with E-state index in [0.717, 1.165) is 76.2 Å². The van der Waals surface area contributed by atoms with Gasteiger partial charge in [-0.15, -0.1) is 0 Å². The van der Waals surface area contributed by atoms with Gasteiger partial charge in [0, 0.05) is 76.8 Å². The quantitative estimate of drug-likeness (QED) is 0.500. The summed E-state index contributed by atoms with van der Waals surface area (Å²) in [7, 11) is 2.11. The minimum absolute atomic E-state index is 0.112. The minimum atomic E-state index is -0.399. The second kappa shape index (κ2) is 13.7. The number of piperidine rings is 1. The van der Waals surface area contributed by atoms with Gasteiger partial charge in [-0.2, -0.15) is 0 Å². The number of benzene rings is 1. The topological polar surface area (TPSA) is 94.7 Å². The largest absolute Gasteiger partial charge is 0.439 e. The van der Waals surface area contributed by atoms with Gasteiger partial charge in [-0.05, 0) is 50.8 Å². The summed E-state index contributed by atoms with van der Waals surface area (Å²) in [5.74, 6) is -0.112. The highest BCUT2D eigenvalue weighted by molar-refractivity contribution is 5.80. The molecule has 10 heteroatoms. The summed E-state index contributed by atoms with van der Waals surface area (Å²) < 4.78 is 10.8. The maximum Gasteiger partial charge on any atom is 0.410 e. The van der Waals surface area contributed by atoms with Gasteiger partial charge >= 0.3 is 6.09 Å². The fourth-order valence-electron chi connectivity index (χ4n) is 5.60. The Morgan fingerprint density at radius 1 is 1.03 bits per heavy atom. The summed E-state index contributed by atoms with van der Waals surface area (Å²) in [4.78, 5) is 44.4. The van der Waals surface area contributed by atoms with Crippen LogP contribution < -0.4 is 5.32 Å². The molecule has 3 aliphatic heterocycles. The van der Waals surface area contributed by atoms with Gasteiger partial charge in [-0.25, -0.2) is 4.79 Å². The van der Waals surface area contributed by atoms with Crippen molar-refractivity contribution in [3.05, 3.63) is 29.8 Å². The zero-order valence-corrected chi connectivity index (χ0v) is 22.0. The van der Waals surface area contributed by atoms with E-state index >= 15 is 0 Å². The van der Waals surface area contributed by atoms with Gasteiger partial charge in [0.2, 0.25) is 6.41 Å². The second-order valence-electron chi connectivity index (χ2n) is 10.2. The van der Waals surface area contributed by atoms with Crippen LogP contribution in [0.15, 0.2) is 24.3 Å². The van der Waals surface area contributed by atoms with E-state index in [1.165, 1.54) is 0 Å². The molecule has 0 bridgehead atoms. The number of rotatable bonds is 9. The van der Waals surface area contributed by atoms with E-state index in [1.54, 1.807) is 4.90 Å². The van der Waals surface area contributed by atoms with E-state index in [4.69, 9.17) is 9.47 Å². The number of para-hydroxylation sites is 1. The summed E-state index contributed by atoms with van der Waals surface area (Å²) in [5.41, 5.74) is 1.95. The molecule has 0 unspecified atom stereocenters. The Hall–Kier alpha value is -2.69. The SMILES string of the molecule is CN(CCc1ccccc1NC=O)C1CCN(C(=O)OCC(=O)N2CCN(C3CCOCC3)CC2)CC1. The Bertz CT molecular complexity index is 893. The van der Waals surface area contributed by atoms with Crippen LogP contribution >= 0.6 is 0 Å². The molecule has 0 saturated carbocycles. The third kappa shape index (κ3) is 7.66. The number of ether oxygens (including phenoxy) is 2. The van der Waals surface area contributed by atoms with Crippen LogP contribution in [-0.4, -0.2) is 123 Å². The van der Waals surface area contributed by atoms with E-state index < -0.39 is 6.09 Å². The van der Waals surface area contributed by atoms with Crippen LogP contribution in [0, 0.1) is 0 Å². The van der Waals surface area contributed by atoms with E-state index in [0.29, 0.717) is 44.7 Å². The van der Waals surface area contributed by atoms with Crippen molar-refractivity contribution < 1.29 is 23.9 Å². The van der Waals surface area contributed by atoms with E-state index in [9.17, 15) is 14.4 Å². The standard InChI is InChI=1S/C27H41N5O5/c1-29(11-6-22-4-2-3-5-25(22)28-21-33)23-7-12-32(13-8-23)27(35)37-20-26(34)31-16-14-30(15-17-31)24-9-18-36-19-10-24/h2-5,21,23-24H,6-20H2,1H3,(H,28,33). The highest BCUT2D eigenvalue weighted by Crippen LogP contribution is 2.20. The third-order valence-corrected chi connectivity index (χ3v) is 8.00. The molecule has 3 amide bonds. The lowest BCUT2D eigenvalue weighted by Gasteiger charge is -2.40. The molecule has 204 valence electrons. The normalized spacial score (nSPS) is 20.2. The molecule has 1 N–H and O–H groups in total. The van der Waals surface area contributed by atoms with Crippen molar-refractivity contribution in [1.82, 2.24) is 19.6 Å². The summed E-state index contributed by atoms with van der Waals surface area (Å²) in [6, 6.07) is 8.77. The lowest BCUT2D eigenvalue weighted by atomic mass is 10.0. The Morgan fingerprint density at radius 3 is 2.43 bits per heavy atom. The van der Waals surface area contributed by atoms with Gasteiger partial charge in [0.1, 0.15) is 0 Å². The van der Waals surface area contributed by atoms with Gasteiger partial charge in [0.15, 0.2) is 6.61 Å². The molecule has 0 spiro atoms. The van der Waals surface area contributed by atoms with Crippen molar-refractivity contribution in [2.24, 2.45) is 0 Å². The molecule has 3 aliphatic rings. The number of carbonyl (C=O) groups is 3. The fraction of sp³-hybridized carbons (Fsp3) is 0.667. The molecular weight excluding hydrogens is 474 g/mol.